The highest BCUT2D eigenvalue weighted by Gasteiger charge is 2.35. The van der Waals surface area contributed by atoms with E-state index in [2.05, 4.69) is 15.9 Å². The molecule has 0 bridgehead atoms. The van der Waals surface area contributed by atoms with Crippen LogP contribution in [0.25, 0.3) is 0 Å². The van der Waals surface area contributed by atoms with Gasteiger partial charge in [0.05, 0.1) is 4.32 Å². The maximum absolute atomic E-state index is 13.2. The minimum atomic E-state index is -1.40. The lowest BCUT2D eigenvalue weighted by molar-refractivity contribution is 0.442. The number of rotatable bonds is 1. The van der Waals surface area contributed by atoms with Gasteiger partial charge in [0.15, 0.2) is 11.7 Å². The van der Waals surface area contributed by atoms with Crippen LogP contribution in [0.1, 0.15) is 12.0 Å². The average Bonchev–Trinajstić information content (AvgIpc) is 2.27. The van der Waals surface area contributed by atoms with Crippen molar-refractivity contribution in [3.05, 3.63) is 59.5 Å². The van der Waals surface area contributed by atoms with Crippen molar-refractivity contribution in [2.24, 2.45) is 0 Å². The fourth-order valence-corrected chi connectivity index (χ4v) is 2.36. The largest absolute Gasteiger partial charge is 0.208 e. The molecule has 1 atom stereocenters. The lowest BCUT2D eigenvalue weighted by atomic mass is 9.91. The zero-order valence-electron chi connectivity index (χ0n) is 8.18. The van der Waals surface area contributed by atoms with Gasteiger partial charge in [-0.2, -0.15) is 0 Å². The summed E-state index contributed by atoms with van der Waals surface area (Å²) in [7, 11) is 0. The molecule has 0 fully saturated rings. The summed E-state index contributed by atoms with van der Waals surface area (Å²) in [6, 6.07) is 8.78. The fourth-order valence-electron chi connectivity index (χ4n) is 1.65. The topological polar surface area (TPSA) is 0 Å². The van der Waals surface area contributed by atoms with E-state index in [9.17, 15) is 13.2 Å². The van der Waals surface area contributed by atoms with Gasteiger partial charge >= 0.3 is 0 Å². The molecule has 1 aromatic rings. The van der Waals surface area contributed by atoms with Crippen molar-refractivity contribution in [3.63, 3.8) is 0 Å². The second-order valence-electron chi connectivity index (χ2n) is 3.62. The van der Waals surface area contributed by atoms with Crippen LogP contribution >= 0.6 is 15.9 Å². The van der Waals surface area contributed by atoms with Gasteiger partial charge in [-0.15, -0.1) is 0 Å². The Hall–Kier alpha value is -1.03. The molecule has 4 heteroatoms. The van der Waals surface area contributed by atoms with E-state index in [1.54, 1.807) is 30.3 Å². The molecule has 2 rings (SSSR count). The summed E-state index contributed by atoms with van der Waals surface area (Å²) in [4.78, 5) is 0. The molecule has 0 amide bonds. The Balaban J connectivity index is 2.44. The molecule has 0 heterocycles. The van der Waals surface area contributed by atoms with Crippen LogP contribution in [0, 0.1) is 0 Å². The van der Waals surface area contributed by atoms with Crippen LogP contribution in [0.15, 0.2) is 53.9 Å². The zero-order valence-corrected chi connectivity index (χ0v) is 9.77. The third kappa shape index (κ3) is 1.94. The first-order valence-electron chi connectivity index (χ1n) is 4.70. The first-order valence-corrected chi connectivity index (χ1v) is 5.49. The number of hydrogen-bond acceptors (Lipinski definition) is 0. The van der Waals surface area contributed by atoms with E-state index in [1.807, 2.05) is 0 Å². The Bertz CT molecular complexity index is 464. The molecule has 84 valence electrons. The zero-order chi connectivity index (χ0) is 11.8. The molecule has 0 N–H and O–H groups in total. The lowest BCUT2D eigenvalue weighted by Gasteiger charge is -2.26. The molecule has 1 aromatic carbocycles. The third-order valence-corrected chi connectivity index (χ3v) is 3.44. The van der Waals surface area contributed by atoms with E-state index in [0.29, 0.717) is 5.56 Å². The van der Waals surface area contributed by atoms with Crippen LogP contribution in [0.5, 0.6) is 0 Å². The van der Waals surface area contributed by atoms with E-state index in [1.165, 1.54) is 0 Å². The Labute approximate surface area is 99.6 Å². The van der Waals surface area contributed by atoms with Crippen molar-refractivity contribution < 1.29 is 13.2 Å². The summed E-state index contributed by atoms with van der Waals surface area (Å²) >= 11 is 3.26. The average molecular weight is 289 g/mol. The minimum absolute atomic E-state index is 0.226. The first-order chi connectivity index (χ1) is 7.53. The standard InChI is InChI=1S/C12H8BrF3/c13-12(8-4-2-1-3-5-8)6-9(14)11(16)10(15)7-12/h1-6H,7H2. The fraction of sp³-hybridized carbons (Fsp3) is 0.167. The summed E-state index contributed by atoms with van der Waals surface area (Å²) in [5, 5.41) is 0. The summed E-state index contributed by atoms with van der Waals surface area (Å²) in [5.74, 6) is -3.63. The smallest absolute Gasteiger partial charge is 0.189 e. The molecule has 0 aromatic heterocycles. The molecule has 1 aliphatic rings. The Kier molecular flexibility index (Phi) is 2.93. The highest BCUT2D eigenvalue weighted by Crippen LogP contribution is 2.45. The number of halogens is 4. The van der Waals surface area contributed by atoms with Crippen molar-refractivity contribution in [3.8, 4) is 0 Å². The Morgan fingerprint density at radius 1 is 1.06 bits per heavy atom. The van der Waals surface area contributed by atoms with E-state index in [0.717, 1.165) is 6.08 Å². The Morgan fingerprint density at radius 2 is 1.69 bits per heavy atom. The molecule has 0 aliphatic heterocycles. The summed E-state index contributed by atoms with van der Waals surface area (Å²) in [6.45, 7) is 0. The number of alkyl halides is 1. The molecule has 1 unspecified atom stereocenters. The maximum atomic E-state index is 13.2. The van der Waals surface area contributed by atoms with Crippen LogP contribution in [-0.4, -0.2) is 0 Å². The lowest BCUT2D eigenvalue weighted by Crippen LogP contribution is -2.19. The van der Waals surface area contributed by atoms with Crippen molar-refractivity contribution in [2.75, 3.05) is 0 Å². The van der Waals surface area contributed by atoms with Crippen LogP contribution in [0.3, 0.4) is 0 Å². The van der Waals surface area contributed by atoms with Gasteiger partial charge in [0, 0.05) is 6.42 Å². The van der Waals surface area contributed by atoms with Gasteiger partial charge in [-0.1, -0.05) is 46.3 Å². The highest BCUT2D eigenvalue weighted by molar-refractivity contribution is 9.09. The number of allylic oxidation sites excluding steroid dienone is 4. The van der Waals surface area contributed by atoms with Crippen LogP contribution in [0.4, 0.5) is 13.2 Å². The Morgan fingerprint density at radius 3 is 2.25 bits per heavy atom. The SMILES string of the molecule is FC1=CC(Br)(c2ccccc2)CC(F)=C1F. The second-order valence-corrected chi connectivity index (χ2v) is 5.03. The normalized spacial score (nSPS) is 25.6. The van der Waals surface area contributed by atoms with Crippen molar-refractivity contribution in [1.29, 1.82) is 0 Å². The quantitative estimate of drug-likeness (QED) is 0.658. The highest BCUT2D eigenvalue weighted by atomic mass is 79.9. The molecule has 0 saturated carbocycles. The van der Waals surface area contributed by atoms with Gasteiger partial charge < -0.3 is 0 Å². The number of hydrogen-bond donors (Lipinski definition) is 0. The van der Waals surface area contributed by atoms with Crippen molar-refractivity contribution in [1.82, 2.24) is 0 Å². The third-order valence-electron chi connectivity index (χ3n) is 2.47. The van der Waals surface area contributed by atoms with E-state index in [-0.39, 0.29) is 6.42 Å². The molecular weight excluding hydrogens is 281 g/mol. The first kappa shape index (κ1) is 11.5. The summed E-state index contributed by atoms with van der Waals surface area (Å²) in [6.07, 6.45) is 0.830. The second kappa shape index (κ2) is 4.09. The minimum Gasteiger partial charge on any atom is -0.208 e. The van der Waals surface area contributed by atoms with Gasteiger partial charge in [0.2, 0.25) is 0 Å². The van der Waals surface area contributed by atoms with Gasteiger partial charge in [-0.05, 0) is 11.6 Å². The summed E-state index contributed by atoms with van der Waals surface area (Å²) in [5.41, 5.74) is 0.688. The van der Waals surface area contributed by atoms with Crippen LogP contribution < -0.4 is 0 Å². The van der Waals surface area contributed by atoms with Gasteiger partial charge in [0.25, 0.3) is 0 Å². The van der Waals surface area contributed by atoms with Crippen molar-refractivity contribution >= 4 is 15.9 Å². The number of benzene rings is 1. The predicted molar refractivity (Wildman–Crippen MR) is 60.1 cm³/mol. The predicted octanol–water partition coefficient (Wildman–Crippen LogP) is 4.68. The van der Waals surface area contributed by atoms with E-state index < -0.39 is 21.8 Å². The molecule has 16 heavy (non-hydrogen) atoms. The molecule has 0 radical (unpaired) electrons. The maximum Gasteiger partial charge on any atom is 0.189 e. The van der Waals surface area contributed by atoms with Gasteiger partial charge in [-0.25, -0.2) is 13.2 Å². The molecule has 0 spiro atoms. The van der Waals surface area contributed by atoms with Crippen molar-refractivity contribution in [2.45, 2.75) is 10.7 Å². The molecule has 0 nitrogen and oxygen atoms in total. The van der Waals surface area contributed by atoms with Gasteiger partial charge in [0.1, 0.15) is 5.83 Å². The summed E-state index contributed by atoms with van der Waals surface area (Å²) < 4.78 is 38.2. The monoisotopic (exact) mass is 288 g/mol. The van der Waals surface area contributed by atoms with E-state index >= 15 is 0 Å². The van der Waals surface area contributed by atoms with Crippen LogP contribution in [0.2, 0.25) is 0 Å². The molecule has 0 saturated heterocycles. The molecule has 1 aliphatic carbocycles. The van der Waals surface area contributed by atoms with Crippen LogP contribution in [-0.2, 0) is 4.32 Å². The van der Waals surface area contributed by atoms with Gasteiger partial charge in [-0.3, -0.25) is 0 Å². The molecular formula is C12H8BrF3. The van der Waals surface area contributed by atoms with E-state index in [4.69, 9.17) is 0 Å².